The van der Waals surface area contributed by atoms with Crippen LogP contribution < -0.4 is 10.4 Å². The molecule has 3 rings (SSSR count). The van der Waals surface area contributed by atoms with Gasteiger partial charge in [-0.3, -0.25) is 9.29 Å². The van der Waals surface area contributed by atoms with Gasteiger partial charge in [0, 0.05) is 27.2 Å². The Balaban J connectivity index is 2.00. The van der Waals surface area contributed by atoms with Crippen molar-refractivity contribution in [3.05, 3.63) is 49.8 Å². The third kappa shape index (κ3) is 5.35. The summed E-state index contributed by atoms with van der Waals surface area (Å²) >= 11 is 4.90. The van der Waals surface area contributed by atoms with Crippen molar-refractivity contribution in [2.45, 2.75) is 41.5 Å². The first-order valence-corrected chi connectivity index (χ1v) is 13.1. The number of hydrogen-bond acceptors (Lipinski definition) is 6. The third-order valence-corrected chi connectivity index (χ3v) is 8.88. The van der Waals surface area contributed by atoms with Crippen LogP contribution in [0.3, 0.4) is 0 Å². The fraction of sp³-hybridized carbons (Fsp3) is 0.333. The van der Waals surface area contributed by atoms with E-state index in [1.54, 1.807) is 13.8 Å². The molecule has 1 N–H and O–H groups in total. The standard InChI is InChI=1S/C18H15BrF5N3O3S3/c1-9-10(2)32-15(31-8-7-17(20,21)18(22,23)24)13-14(25-16(28)27(9)13)26-33(29,30)12-5-3-11(19)4-6-12/h3-6H,7-8H2,1-2H3,(H,25,26,28). The molecule has 0 amide bonds. The van der Waals surface area contributed by atoms with Crippen molar-refractivity contribution in [3.63, 3.8) is 0 Å². The summed E-state index contributed by atoms with van der Waals surface area (Å²) < 4.78 is 93.8. The lowest BCUT2D eigenvalue weighted by Crippen LogP contribution is -2.36. The first-order valence-electron chi connectivity index (χ1n) is 9.02. The molecule has 6 nitrogen and oxygen atoms in total. The Kier molecular flexibility index (Phi) is 7.18. The van der Waals surface area contributed by atoms with Crippen molar-refractivity contribution in [2.24, 2.45) is 0 Å². The minimum atomic E-state index is -5.68. The zero-order valence-electron chi connectivity index (χ0n) is 16.8. The van der Waals surface area contributed by atoms with Crippen LogP contribution in [0.25, 0.3) is 5.69 Å². The van der Waals surface area contributed by atoms with Crippen molar-refractivity contribution in [2.75, 3.05) is 10.5 Å². The van der Waals surface area contributed by atoms with Gasteiger partial charge in [0.1, 0.15) is 5.69 Å². The normalized spacial score (nSPS) is 13.0. The second kappa shape index (κ2) is 9.15. The molecule has 1 aromatic carbocycles. The van der Waals surface area contributed by atoms with Crippen molar-refractivity contribution >= 4 is 54.9 Å². The van der Waals surface area contributed by atoms with E-state index in [4.69, 9.17) is 0 Å². The van der Waals surface area contributed by atoms with Gasteiger partial charge >= 0.3 is 17.8 Å². The SMILES string of the molecule is Cc1sc(SCCC(F)(F)C(F)(F)F)c2c(NS(=O)(=O)c3ccc(Br)cc3)nc(=O)n-2c1C. The van der Waals surface area contributed by atoms with Crippen LogP contribution in [-0.4, -0.2) is 35.8 Å². The summed E-state index contributed by atoms with van der Waals surface area (Å²) in [5, 5.41) is 0. The lowest BCUT2D eigenvalue weighted by atomic mass is 10.2. The van der Waals surface area contributed by atoms with Gasteiger partial charge in [0.15, 0.2) is 5.82 Å². The zero-order chi connectivity index (χ0) is 24.8. The quantitative estimate of drug-likeness (QED) is 0.286. The van der Waals surface area contributed by atoms with Crippen molar-refractivity contribution in [3.8, 4) is 5.69 Å². The Labute approximate surface area is 201 Å². The van der Waals surface area contributed by atoms with Gasteiger partial charge in [-0.05, 0) is 38.1 Å². The average molecular weight is 592 g/mol. The molecule has 0 atom stereocenters. The number of thioether (sulfide) groups is 1. The fourth-order valence-corrected chi connectivity index (χ4v) is 6.50. The smallest absolute Gasteiger partial charge is 0.261 e. The number of hydrogen-bond donors (Lipinski definition) is 1. The van der Waals surface area contributed by atoms with Crippen molar-refractivity contribution < 1.29 is 30.4 Å². The summed E-state index contributed by atoms with van der Waals surface area (Å²) in [4.78, 5) is 16.7. The van der Waals surface area contributed by atoms with Crippen LogP contribution in [0.15, 0.2) is 42.6 Å². The molecular formula is C18H15BrF5N3O3S3. The van der Waals surface area contributed by atoms with E-state index in [1.165, 1.54) is 24.3 Å². The minimum absolute atomic E-state index is 0.00545. The van der Waals surface area contributed by atoms with E-state index in [2.05, 4.69) is 25.6 Å². The van der Waals surface area contributed by atoms with E-state index in [-0.39, 0.29) is 20.6 Å². The molecule has 0 saturated carbocycles. The second-order valence-corrected chi connectivity index (χ2v) is 12.0. The zero-order valence-corrected chi connectivity index (χ0v) is 20.9. The summed E-state index contributed by atoms with van der Waals surface area (Å²) in [6.45, 7) is 3.22. The molecule has 15 heteroatoms. The van der Waals surface area contributed by atoms with Crippen LogP contribution >= 0.6 is 39.0 Å². The highest BCUT2D eigenvalue weighted by molar-refractivity contribution is 9.10. The van der Waals surface area contributed by atoms with Gasteiger partial charge in [-0.2, -0.15) is 26.9 Å². The summed E-state index contributed by atoms with van der Waals surface area (Å²) in [7, 11) is -4.17. The number of anilines is 1. The van der Waals surface area contributed by atoms with Crippen molar-refractivity contribution in [1.82, 2.24) is 9.55 Å². The molecule has 1 aromatic rings. The van der Waals surface area contributed by atoms with Gasteiger partial charge in [0.25, 0.3) is 10.0 Å². The van der Waals surface area contributed by atoms with E-state index in [9.17, 15) is 35.2 Å². The number of nitrogens with one attached hydrogen (secondary N) is 1. The Morgan fingerprint density at radius 2 is 1.76 bits per heavy atom. The van der Waals surface area contributed by atoms with Crippen LogP contribution in [0.2, 0.25) is 0 Å². The van der Waals surface area contributed by atoms with E-state index in [0.717, 1.165) is 15.9 Å². The predicted molar refractivity (Wildman–Crippen MR) is 120 cm³/mol. The molecule has 0 spiro atoms. The number of imidazole rings is 1. The van der Waals surface area contributed by atoms with Crippen LogP contribution in [0.4, 0.5) is 27.8 Å². The Morgan fingerprint density at radius 1 is 1.15 bits per heavy atom. The predicted octanol–water partition coefficient (Wildman–Crippen LogP) is 5.59. The van der Waals surface area contributed by atoms with E-state index < -0.39 is 40.0 Å². The lowest BCUT2D eigenvalue weighted by Gasteiger charge is -2.20. The molecule has 2 aliphatic rings. The Hall–Kier alpha value is -1.71. The van der Waals surface area contributed by atoms with Crippen LogP contribution in [0.1, 0.15) is 17.0 Å². The number of nitrogens with zero attached hydrogens (tertiary/aromatic N) is 2. The molecule has 0 aliphatic carbocycles. The first-order chi connectivity index (χ1) is 15.1. The topological polar surface area (TPSA) is 81.1 Å². The molecule has 33 heavy (non-hydrogen) atoms. The number of aromatic nitrogens is 2. The number of fused-ring (bicyclic) bond motifs is 1. The molecule has 2 aliphatic heterocycles. The number of rotatable bonds is 7. The summed E-state index contributed by atoms with van der Waals surface area (Å²) in [6.07, 6.45) is -7.16. The lowest BCUT2D eigenvalue weighted by molar-refractivity contribution is -0.282. The summed E-state index contributed by atoms with van der Waals surface area (Å²) in [5.41, 5.74) is -0.380. The van der Waals surface area contributed by atoms with Gasteiger partial charge < -0.3 is 0 Å². The molecule has 180 valence electrons. The van der Waals surface area contributed by atoms with Gasteiger partial charge in [0.05, 0.1) is 9.10 Å². The maximum atomic E-state index is 13.3. The molecule has 2 heterocycles. The molecule has 0 saturated heterocycles. The van der Waals surface area contributed by atoms with E-state index >= 15 is 0 Å². The number of halogens is 6. The van der Waals surface area contributed by atoms with Gasteiger partial charge in [-0.15, -0.1) is 23.1 Å². The van der Waals surface area contributed by atoms with E-state index in [1.807, 2.05) is 0 Å². The maximum Gasteiger partial charge on any atom is 0.453 e. The number of benzene rings is 1. The van der Waals surface area contributed by atoms with Gasteiger partial charge in [-0.25, -0.2) is 13.2 Å². The Bertz CT molecular complexity index is 1300. The van der Waals surface area contributed by atoms with E-state index in [0.29, 0.717) is 26.8 Å². The molecule has 0 fully saturated rings. The fourth-order valence-electron chi connectivity index (χ4n) is 2.70. The highest BCUT2D eigenvalue weighted by atomic mass is 79.9. The molecule has 0 aromatic heterocycles. The highest BCUT2D eigenvalue weighted by Gasteiger charge is 2.56. The molecular weight excluding hydrogens is 577 g/mol. The minimum Gasteiger partial charge on any atom is -0.261 e. The molecule has 0 bridgehead atoms. The second-order valence-electron chi connectivity index (χ2n) is 6.82. The highest BCUT2D eigenvalue weighted by Crippen LogP contribution is 2.42. The summed E-state index contributed by atoms with van der Waals surface area (Å²) in [6, 6.07) is 5.62. The first kappa shape index (κ1) is 25.9. The number of sulfonamides is 1. The van der Waals surface area contributed by atoms with Crippen LogP contribution in [-0.2, 0) is 10.0 Å². The van der Waals surface area contributed by atoms with Gasteiger partial charge in [-0.1, -0.05) is 15.9 Å². The maximum absolute atomic E-state index is 13.3. The third-order valence-electron chi connectivity index (χ3n) is 4.55. The van der Waals surface area contributed by atoms with Gasteiger partial charge in [0.2, 0.25) is 0 Å². The summed E-state index contributed by atoms with van der Waals surface area (Å²) in [5.74, 6) is -5.84. The monoisotopic (exact) mass is 591 g/mol. The number of alkyl halides is 5. The number of aryl methyl sites for hydroxylation is 1. The Morgan fingerprint density at radius 3 is 2.33 bits per heavy atom. The average Bonchev–Trinajstić information content (AvgIpc) is 3.00. The van der Waals surface area contributed by atoms with Crippen molar-refractivity contribution in [1.29, 1.82) is 0 Å². The molecule has 0 unspecified atom stereocenters. The largest absolute Gasteiger partial charge is 0.453 e. The van der Waals surface area contributed by atoms with Crippen LogP contribution in [0, 0.1) is 13.8 Å². The molecule has 0 radical (unpaired) electrons. The van der Waals surface area contributed by atoms with Crippen LogP contribution in [0.5, 0.6) is 0 Å².